The minimum Gasteiger partial charge on any atom is -0.346 e. The van der Waals surface area contributed by atoms with Crippen molar-refractivity contribution < 1.29 is 4.92 Å². The van der Waals surface area contributed by atoms with Crippen LogP contribution in [0.15, 0.2) is 110 Å². The summed E-state index contributed by atoms with van der Waals surface area (Å²) in [6.07, 6.45) is 3.18. The standard InChI is InChI=1S/C29H21N5O2/c30-17-21-10-11-23(16-27(21)26-9-5-4-8-25(26)20-6-2-1-3-7-20)29(31,28-18-32-19-33-28)22-12-14-24(15-13-22)34(35)36/h1-16,18-19H,31H2,(H,32,33). The molecule has 0 bridgehead atoms. The second-order valence-electron chi connectivity index (χ2n) is 8.36. The molecule has 1 unspecified atom stereocenters. The van der Waals surface area contributed by atoms with Crippen molar-refractivity contribution in [2.24, 2.45) is 5.73 Å². The summed E-state index contributed by atoms with van der Waals surface area (Å²) in [7, 11) is 0. The first-order valence-corrected chi connectivity index (χ1v) is 11.2. The second kappa shape index (κ2) is 9.29. The second-order valence-corrected chi connectivity index (χ2v) is 8.36. The predicted octanol–water partition coefficient (Wildman–Crippen LogP) is 5.77. The fraction of sp³-hybridized carbons (Fsp3) is 0.0345. The van der Waals surface area contributed by atoms with Crippen LogP contribution >= 0.6 is 0 Å². The number of hydrogen-bond acceptors (Lipinski definition) is 5. The number of aromatic nitrogens is 2. The smallest absolute Gasteiger partial charge is 0.269 e. The van der Waals surface area contributed by atoms with Crippen LogP contribution in [0, 0.1) is 21.4 Å². The number of nitrogens with one attached hydrogen (secondary N) is 1. The Morgan fingerprint density at radius 1 is 0.861 bits per heavy atom. The average Bonchev–Trinajstić information content (AvgIpc) is 3.48. The molecule has 7 heteroatoms. The molecule has 1 atom stereocenters. The van der Waals surface area contributed by atoms with Crippen molar-refractivity contribution >= 4 is 5.69 Å². The lowest BCUT2D eigenvalue weighted by Crippen LogP contribution is -2.39. The van der Waals surface area contributed by atoms with Crippen molar-refractivity contribution in [2.45, 2.75) is 5.54 Å². The van der Waals surface area contributed by atoms with Gasteiger partial charge in [-0.25, -0.2) is 4.98 Å². The largest absolute Gasteiger partial charge is 0.346 e. The van der Waals surface area contributed by atoms with Gasteiger partial charge in [0.25, 0.3) is 5.69 Å². The Morgan fingerprint density at radius 2 is 1.53 bits per heavy atom. The SMILES string of the molecule is N#Cc1ccc(C(N)(c2ccc([N+](=O)[O-])cc2)c2cnc[nH]2)cc1-c1ccccc1-c1ccccc1. The molecule has 0 saturated heterocycles. The maximum Gasteiger partial charge on any atom is 0.269 e. The number of non-ortho nitro benzene ring substituents is 1. The number of aromatic amines is 1. The molecule has 0 aliphatic carbocycles. The van der Waals surface area contributed by atoms with Crippen molar-refractivity contribution in [3.8, 4) is 28.3 Å². The fourth-order valence-electron chi connectivity index (χ4n) is 4.49. The first-order valence-electron chi connectivity index (χ1n) is 11.2. The predicted molar refractivity (Wildman–Crippen MR) is 138 cm³/mol. The molecule has 1 heterocycles. The number of rotatable bonds is 6. The molecule has 0 aliphatic heterocycles. The van der Waals surface area contributed by atoms with E-state index < -0.39 is 10.5 Å². The third-order valence-electron chi connectivity index (χ3n) is 6.35. The highest BCUT2D eigenvalue weighted by Crippen LogP contribution is 2.39. The fourth-order valence-corrected chi connectivity index (χ4v) is 4.49. The van der Waals surface area contributed by atoms with Gasteiger partial charge in [0.15, 0.2) is 0 Å². The third kappa shape index (κ3) is 3.92. The number of nitrogens with zero attached hydrogens (tertiary/aromatic N) is 3. The maximum absolute atomic E-state index is 11.2. The third-order valence-corrected chi connectivity index (χ3v) is 6.35. The van der Waals surface area contributed by atoms with Gasteiger partial charge < -0.3 is 10.7 Å². The summed E-state index contributed by atoms with van der Waals surface area (Å²) in [5.74, 6) is 0. The Morgan fingerprint density at radius 3 is 2.17 bits per heavy atom. The molecule has 7 nitrogen and oxygen atoms in total. The van der Waals surface area contributed by atoms with E-state index in [0.717, 1.165) is 22.3 Å². The van der Waals surface area contributed by atoms with Crippen LogP contribution < -0.4 is 5.73 Å². The molecule has 36 heavy (non-hydrogen) atoms. The van der Waals surface area contributed by atoms with Crippen LogP contribution in [0.4, 0.5) is 5.69 Å². The number of hydrogen-bond donors (Lipinski definition) is 2. The van der Waals surface area contributed by atoms with E-state index in [1.54, 1.807) is 24.4 Å². The highest BCUT2D eigenvalue weighted by atomic mass is 16.6. The van der Waals surface area contributed by atoms with E-state index in [0.29, 0.717) is 22.4 Å². The quantitative estimate of drug-likeness (QED) is 0.240. The Kier molecular flexibility index (Phi) is 5.87. The molecule has 0 aliphatic rings. The molecule has 1 aromatic heterocycles. The maximum atomic E-state index is 11.2. The van der Waals surface area contributed by atoms with Crippen LogP contribution in [-0.2, 0) is 5.54 Å². The lowest BCUT2D eigenvalue weighted by atomic mass is 9.79. The van der Waals surface area contributed by atoms with E-state index >= 15 is 0 Å². The number of nitrogens with two attached hydrogens (primary N) is 1. The first kappa shape index (κ1) is 22.7. The highest BCUT2D eigenvalue weighted by molar-refractivity contribution is 5.86. The van der Waals surface area contributed by atoms with Gasteiger partial charge >= 0.3 is 0 Å². The van der Waals surface area contributed by atoms with Crippen molar-refractivity contribution in [1.29, 1.82) is 5.26 Å². The van der Waals surface area contributed by atoms with Gasteiger partial charge in [0.1, 0.15) is 5.54 Å². The molecular weight excluding hydrogens is 450 g/mol. The van der Waals surface area contributed by atoms with Gasteiger partial charge in [-0.1, -0.05) is 60.7 Å². The zero-order chi connectivity index (χ0) is 25.1. The van der Waals surface area contributed by atoms with E-state index in [-0.39, 0.29) is 5.69 Å². The molecular formula is C29H21N5O2. The van der Waals surface area contributed by atoms with Crippen molar-refractivity contribution in [3.63, 3.8) is 0 Å². The summed E-state index contributed by atoms with van der Waals surface area (Å²) >= 11 is 0. The molecule has 5 rings (SSSR count). The van der Waals surface area contributed by atoms with Gasteiger partial charge in [-0.2, -0.15) is 5.26 Å². The summed E-state index contributed by atoms with van der Waals surface area (Å²) in [6.45, 7) is 0. The molecule has 0 spiro atoms. The summed E-state index contributed by atoms with van der Waals surface area (Å²) in [4.78, 5) is 18.0. The summed E-state index contributed by atoms with van der Waals surface area (Å²) in [6, 6.07) is 31.9. The van der Waals surface area contributed by atoms with Crippen molar-refractivity contribution in [1.82, 2.24) is 9.97 Å². The molecule has 174 valence electrons. The van der Waals surface area contributed by atoms with E-state index in [2.05, 4.69) is 16.0 Å². The zero-order valence-electron chi connectivity index (χ0n) is 19.1. The van der Waals surface area contributed by atoms with E-state index in [4.69, 9.17) is 5.73 Å². The lowest BCUT2D eigenvalue weighted by molar-refractivity contribution is -0.384. The van der Waals surface area contributed by atoms with Crippen LogP contribution in [0.3, 0.4) is 0 Å². The summed E-state index contributed by atoms with van der Waals surface area (Å²) < 4.78 is 0. The molecule has 0 amide bonds. The van der Waals surface area contributed by atoms with Crippen LogP contribution in [0.5, 0.6) is 0 Å². The van der Waals surface area contributed by atoms with E-state index in [1.807, 2.05) is 66.7 Å². The topological polar surface area (TPSA) is 122 Å². The van der Waals surface area contributed by atoms with Gasteiger partial charge in [-0.3, -0.25) is 10.1 Å². The summed E-state index contributed by atoms with van der Waals surface area (Å²) in [5, 5.41) is 21.2. The normalized spacial score (nSPS) is 12.4. The van der Waals surface area contributed by atoms with Crippen LogP contribution in [-0.4, -0.2) is 14.9 Å². The summed E-state index contributed by atoms with van der Waals surface area (Å²) in [5.41, 5.74) is 12.0. The van der Waals surface area contributed by atoms with E-state index in [1.165, 1.54) is 18.5 Å². The molecule has 0 saturated carbocycles. The number of H-pyrrole nitrogens is 1. The van der Waals surface area contributed by atoms with Gasteiger partial charge in [0.05, 0.1) is 34.8 Å². The molecule has 0 radical (unpaired) electrons. The lowest BCUT2D eigenvalue weighted by Gasteiger charge is -2.30. The molecule has 5 aromatic rings. The van der Waals surface area contributed by atoms with Gasteiger partial charge in [-0.15, -0.1) is 0 Å². The van der Waals surface area contributed by atoms with Gasteiger partial charge in [0.2, 0.25) is 0 Å². The first-order chi connectivity index (χ1) is 17.5. The van der Waals surface area contributed by atoms with Crippen LogP contribution in [0.2, 0.25) is 0 Å². The number of imidazole rings is 1. The number of nitro groups is 1. The Hall–Kier alpha value is -5.06. The zero-order valence-corrected chi connectivity index (χ0v) is 19.1. The minimum atomic E-state index is -1.20. The minimum absolute atomic E-state index is 0.0250. The number of nitriles is 1. The van der Waals surface area contributed by atoms with Gasteiger partial charge in [0, 0.05) is 17.7 Å². The Bertz CT molecular complexity index is 1570. The Balaban J connectivity index is 1.73. The molecule has 4 aromatic carbocycles. The highest BCUT2D eigenvalue weighted by Gasteiger charge is 2.34. The molecule has 0 fully saturated rings. The van der Waals surface area contributed by atoms with Crippen LogP contribution in [0.1, 0.15) is 22.4 Å². The number of benzene rings is 4. The Labute approximate surface area is 207 Å². The molecule has 3 N–H and O–H groups in total. The van der Waals surface area contributed by atoms with E-state index in [9.17, 15) is 15.4 Å². The number of nitro benzene ring substituents is 1. The van der Waals surface area contributed by atoms with Crippen molar-refractivity contribution in [3.05, 3.63) is 142 Å². The van der Waals surface area contributed by atoms with Gasteiger partial charge in [-0.05, 0) is 52.1 Å². The van der Waals surface area contributed by atoms with Crippen molar-refractivity contribution in [2.75, 3.05) is 0 Å². The average molecular weight is 472 g/mol. The monoisotopic (exact) mass is 471 g/mol. The van der Waals surface area contributed by atoms with Crippen LogP contribution in [0.25, 0.3) is 22.3 Å².